The SMILES string of the molecule is CC(=O)c1ccc(CCNS(=O)(=O)c2ccc3c(c2)OCCCO3)s1. The molecule has 1 aliphatic rings. The predicted octanol–water partition coefficient (Wildman–Crippen LogP) is 2.63. The van der Waals surface area contributed by atoms with Crippen molar-refractivity contribution in [2.75, 3.05) is 19.8 Å². The van der Waals surface area contributed by atoms with E-state index >= 15 is 0 Å². The number of benzene rings is 1. The first-order valence-corrected chi connectivity index (χ1v) is 10.2. The number of fused-ring (bicyclic) bond motifs is 1. The minimum Gasteiger partial charge on any atom is -0.490 e. The molecule has 8 heteroatoms. The average molecular weight is 381 g/mol. The van der Waals surface area contributed by atoms with Crippen LogP contribution in [0.15, 0.2) is 35.2 Å². The molecule has 0 radical (unpaired) electrons. The second-order valence-electron chi connectivity index (χ2n) is 5.63. The van der Waals surface area contributed by atoms with E-state index in [1.807, 2.05) is 6.07 Å². The zero-order valence-corrected chi connectivity index (χ0v) is 15.4. The summed E-state index contributed by atoms with van der Waals surface area (Å²) >= 11 is 1.39. The molecule has 1 aromatic heterocycles. The van der Waals surface area contributed by atoms with Crippen LogP contribution in [0, 0.1) is 0 Å². The molecule has 2 heterocycles. The fraction of sp³-hybridized carbons (Fsp3) is 0.353. The van der Waals surface area contributed by atoms with Crippen molar-refractivity contribution in [3.05, 3.63) is 40.1 Å². The van der Waals surface area contributed by atoms with Crippen molar-refractivity contribution in [2.45, 2.75) is 24.7 Å². The van der Waals surface area contributed by atoms with Gasteiger partial charge in [0, 0.05) is 23.9 Å². The van der Waals surface area contributed by atoms with E-state index in [1.54, 1.807) is 12.1 Å². The van der Waals surface area contributed by atoms with Gasteiger partial charge in [0.1, 0.15) is 0 Å². The summed E-state index contributed by atoms with van der Waals surface area (Å²) in [6.07, 6.45) is 1.29. The van der Waals surface area contributed by atoms with Crippen molar-refractivity contribution in [3.63, 3.8) is 0 Å². The molecule has 1 N–H and O–H groups in total. The fourth-order valence-corrected chi connectivity index (χ4v) is 4.35. The second-order valence-corrected chi connectivity index (χ2v) is 8.56. The minimum atomic E-state index is -3.63. The normalized spacial score (nSPS) is 14.1. The first-order chi connectivity index (χ1) is 12.0. The van der Waals surface area contributed by atoms with Gasteiger partial charge in [0.2, 0.25) is 10.0 Å². The molecule has 0 fully saturated rings. The Balaban J connectivity index is 1.65. The molecule has 0 atom stereocenters. The molecule has 0 spiro atoms. The minimum absolute atomic E-state index is 0.0176. The topological polar surface area (TPSA) is 81.7 Å². The number of carbonyl (C=O) groups is 1. The Kier molecular flexibility index (Phi) is 5.41. The molecule has 1 aliphatic heterocycles. The number of nitrogens with one attached hydrogen (secondary N) is 1. The molecule has 0 saturated heterocycles. The van der Waals surface area contributed by atoms with Crippen LogP contribution in [0.1, 0.15) is 27.9 Å². The van der Waals surface area contributed by atoms with Crippen LogP contribution in [0.2, 0.25) is 0 Å². The monoisotopic (exact) mass is 381 g/mol. The van der Waals surface area contributed by atoms with E-state index in [0.717, 1.165) is 11.3 Å². The number of ketones is 1. The number of rotatable bonds is 6. The highest BCUT2D eigenvalue weighted by Gasteiger charge is 2.18. The average Bonchev–Trinajstić information content (AvgIpc) is 2.92. The lowest BCUT2D eigenvalue weighted by Gasteiger charge is -2.10. The molecule has 0 unspecified atom stereocenters. The van der Waals surface area contributed by atoms with Gasteiger partial charge in [-0.15, -0.1) is 11.3 Å². The fourth-order valence-electron chi connectivity index (χ4n) is 2.40. The Bertz CT molecular complexity index is 873. The molecule has 1 aromatic carbocycles. The number of thiophene rings is 1. The zero-order valence-electron chi connectivity index (χ0n) is 13.8. The van der Waals surface area contributed by atoms with Crippen molar-refractivity contribution >= 4 is 27.1 Å². The Labute approximate surface area is 150 Å². The number of ether oxygens (including phenoxy) is 2. The molecule has 0 bridgehead atoms. The number of hydrogen-bond donors (Lipinski definition) is 1. The van der Waals surface area contributed by atoms with Crippen molar-refractivity contribution < 1.29 is 22.7 Å². The van der Waals surface area contributed by atoms with Crippen LogP contribution in [0.4, 0.5) is 0 Å². The first kappa shape index (κ1) is 17.9. The maximum Gasteiger partial charge on any atom is 0.240 e. The van der Waals surface area contributed by atoms with Crippen molar-refractivity contribution in [2.24, 2.45) is 0 Å². The van der Waals surface area contributed by atoms with Crippen LogP contribution in [0.5, 0.6) is 11.5 Å². The number of sulfonamides is 1. The summed E-state index contributed by atoms with van der Waals surface area (Å²) in [5.41, 5.74) is 0. The third-order valence-corrected chi connectivity index (χ3v) is 6.41. The Morgan fingerprint density at radius 2 is 1.92 bits per heavy atom. The molecule has 2 aromatic rings. The molecule has 0 saturated carbocycles. The van der Waals surface area contributed by atoms with Crippen LogP contribution >= 0.6 is 11.3 Å². The van der Waals surface area contributed by atoms with E-state index in [0.29, 0.717) is 36.0 Å². The summed E-state index contributed by atoms with van der Waals surface area (Å²) in [6, 6.07) is 8.23. The maximum absolute atomic E-state index is 12.4. The first-order valence-electron chi connectivity index (χ1n) is 7.95. The van der Waals surface area contributed by atoms with Gasteiger partial charge in [-0.05, 0) is 37.6 Å². The highest BCUT2D eigenvalue weighted by Crippen LogP contribution is 2.31. The van der Waals surface area contributed by atoms with E-state index in [2.05, 4.69) is 4.72 Å². The maximum atomic E-state index is 12.4. The molecule has 0 amide bonds. The van der Waals surface area contributed by atoms with Gasteiger partial charge in [-0.3, -0.25) is 4.79 Å². The molecule has 25 heavy (non-hydrogen) atoms. The van der Waals surface area contributed by atoms with Crippen molar-refractivity contribution in [3.8, 4) is 11.5 Å². The summed E-state index contributed by atoms with van der Waals surface area (Å²) in [5, 5.41) is 0. The molecule has 3 rings (SSSR count). The molecule has 0 aliphatic carbocycles. The zero-order chi connectivity index (χ0) is 17.9. The van der Waals surface area contributed by atoms with Crippen LogP contribution in [-0.2, 0) is 16.4 Å². The van der Waals surface area contributed by atoms with Gasteiger partial charge < -0.3 is 9.47 Å². The summed E-state index contributed by atoms with van der Waals surface area (Å²) in [7, 11) is -3.63. The molecule has 6 nitrogen and oxygen atoms in total. The quantitative estimate of drug-likeness (QED) is 0.778. The van der Waals surface area contributed by atoms with E-state index in [4.69, 9.17) is 9.47 Å². The van der Waals surface area contributed by atoms with Gasteiger partial charge in [0.15, 0.2) is 17.3 Å². The molecule has 134 valence electrons. The van der Waals surface area contributed by atoms with E-state index in [1.165, 1.54) is 30.4 Å². The van der Waals surface area contributed by atoms with Gasteiger partial charge in [-0.2, -0.15) is 0 Å². The summed E-state index contributed by atoms with van der Waals surface area (Å²) in [6.45, 7) is 2.83. The lowest BCUT2D eigenvalue weighted by Crippen LogP contribution is -2.25. The van der Waals surface area contributed by atoms with E-state index in [9.17, 15) is 13.2 Å². The lowest BCUT2D eigenvalue weighted by atomic mass is 10.3. The van der Waals surface area contributed by atoms with E-state index in [-0.39, 0.29) is 17.2 Å². The van der Waals surface area contributed by atoms with Crippen LogP contribution in [-0.4, -0.2) is 34.0 Å². The van der Waals surface area contributed by atoms with Crippen molar-refractivity contribution in [1.29, 1.82) is 0 Å². The summed E-state index contributed by atoms with van der Waals surface area (Å²) < 4.78 is 38.5. The highest BCUT2D eigenvalue weighted by molar-refractivity contribution is 7.89. The molecular formula is C17H19NO5S2. The Morgan fingerprint density at radius 1 is 1.16 bits per heavy atom. The lowest BCUT2D eigenvalue weighted by molar-refractivity contribution is 0.102. The predicted molar refractivity (Wildman–Crippen MR) is 95.3 cm³/mol. The Morgan fingerprint density at radius 3 is 2.64 bits per heavy atom. The van der Waals surface area contributed by atoms with Gasteiger partial charge in [0.25, 0.3) is 0 Å². The summed E-state index contributed by atoms with van der Waals surface area (Å²) in [5.74, 6) is 1.03. The third kappa shape index (κ3) is 4.39. The smallest absolute Gasteiger partial charge is 0.240 e. The highest BCUT2D eigenvalue weighted by atomic mass is 32.2. The number of carbonyl (C=O) groups excluding carboxylic acids is 1. The van der Waals surface area contributed by atoms with Gasteiger partial charge in [0.05, 0.1) is 23.0 Å². The Hall–Kier alpha value is -1.90. The van der Waals surface area contributed by atoms with Crippen molar-refractivity contribution in [1.82, 2.24) is 4.72 Å². The van der Waals surface area contributed by atoms with Gasteiger partial charge >= 0.3 is 0 Å². The van der Waals surface area contributed by atoms with Crippen LogP contribution < -0.4 is 14.2 Å². The second kappa shape index (κ2) is 7.55. The van der Waals surface area contributed by atoms with Gasteiger partial charge in [-0.25, -0.2) is 13.1 Å². The molecular weight excluding hydrogens is 362 g/mol. The third-order valence-electron chi connectivity index (χ3n) is 3.70. The standard InChI is InChI=1S/C17H19NO5S2/c1-12(19)17-6-3-13(24-17)7-8-18-25(20,21)14-4-5-15-16(11-14)23-10-2-9-22-15/h3-6,11,18H,2,7-10H2,1H3. The van der Waals surface area contributed by atoms with Crippen LogP contribution in [0.3, 0.4) is 0 Å². The number of hydrogen-bond acceptors (Lipinski definition) is 6. The largest absolute Gasteiger partial charge is 0.490 e. The van der Waals surface area contributed by atoms with Gasteiger partial charge in [-0.1, -0.05) is 0 Å². The summed E-state index contributed by atoms with van der Waals surface area (Å²) in [4.78, 5) is 13.1. The number of Topliss-reactive ketones (excluding diaryl/α,β-unsaturated/α-hetero) is 1. The van der Waals surface area contributed by atoms with Crippen LogP contribution in [0.25, 0.3) is 0 Å². The van der Waals surface area contributed by atoms with E-state index < -0.39 is 10.0 Å².